The van der Waals surface area contributed by atoms with Crippen LogP contribution in [-0.4, -0.2) is 50.5 Å². The molecule has 2 amide bonds. The van der Waals surface area contributed by atoms with Crippen molar-refractivity contribution >= 4 is 43.5 Å². The topological polar surface area (TPSA) is 86.8 Å². The van der Waals surface area contributed by atoms with Crippen molar-refractivity contribution in [1.29, 1.82) is 0 Å². The third-order valence-electron chi connectivity index (χ3n) is 6.63. The third kappa shape index (κ3) is 10.3. The fourth-order valence-corrected chi connectivity index (χ4v) is 5.69. The summed E-state index contributed by atoms with van der Waals surface area (Å²) in [6.07, 6.45) is 3.42. The van der Waals surface area contributed by atoms with E-state index in [-0.39, 0.29) is 37.7 Å². The van der Waals surface area contributed by atoms with Crippen LogP contribution in [0.15, 0.2) is 83.3 Å². The van der Waals surface area contributed by atoms with Crippen LogP contribution in [-0.2, 0) is 32.6 Å². The normalized spacial score (nSPS) is 12.0. The van der Waals surface area contributed by atoms with Crippen molar-refractivity contribution in [2.45, 2.75) is 51.6 Å². The maximum absolute atomic E-state index is 13.8. The number of carbonyl (C=O) groups is 2. The van der Waals surface area contributed by atoms with Crippen molar-refractivity contribution in [2.75, 3.05) is 23.7 Å². The molecule has 7 nitrogen and oxygen atoms in total. The molecule has 0 aromatic heterocycles. The van der Waals surface area contributed by atoms with Gasteiger partial charge in [-0.15, -0.1) is 0 Å². The molecule has 0 fully saturated rings. The zero-order valence-corrected chi connectivity index (χ0v) is 25.8. The molecule has 0 saturated carbocycles. The van der Waals surface area contributed by atoms with Crippen LogP contribution >= 0.6 is 15.9 Å². The van der Waals surface area contributed by atoms with Crippen molar-refractivity contribution < 1.29 is 22.4 Å². The molecule has 0 aliphatic carbocycles. The smallest absolute Gasteiger partial charge is 0.243 e. The lowest BCUT2D eigenvalue weighted by atomic mass is 10.0. The van der Waals surface area contributed by atoms with Gasteiger partial charge in [0.05, 0.1) is 11.9 Å². The average Bonchev–Trinajstić information content (AvgIpc) is 2.94. The van der Waals surface area contributed by atoms with Gasteiger partial charge in [-0.05, 0) is 60.4 Å². The van der Waals surface area contributed by atoms with Crippen LogP contribution in [0.25, 0.3) is 0 Å². The van der Waals surface area contributed by atoms with Gasteiger partial charge < -0.3 is 10.2 Å². The van der Waals surface area contributed by atoms with Gasteiger partial charge in [0, 0.05) is 36.9 Å². The van der Waals surface area contributed by atoms with Crippen LogP contribution in [0.1, 0.15) is 43.7 Å². The van der Waals surface area contributed by atoms with Crippen molar-refractivity contribution in [3.8, 4) is 0 Å². The average molecular weight is 647 g/mol. The molecule has 41 heavy (non-hydrogen) atoms. The van der Waals surface area contributed by atoms with E-state index in [0.29, 0.717) is 18.7 Å². The van der Waals surface area contributed by atoms with Gasteiger partial charge in [0.15, 0.2) is 0 Å². The minimum atomic E-state index is -3.67. The van der Waals surface area contributed by atoms with E-state index in [2.05, 4.69) is 21.2 Å². The zero-order chi connectivity index (χ0) is 29.8. The Morgan fingerprint density at radius 1 is 0.927 bits per heavy atom. The number of sulfonamides is 1. The van der Waals surface area contributed by atoms with E-state index >= 15 is 0 Å². The molecular weight excluding hydrogens is 609 g/mol. The van der Waals surface area contributed by atoms with E-state index in [0.717, 1.165) is 39.0 Å². The predicted molar refractivity (Wildman–Crippen MR) is 164 cm³/mol. The second-order valence-corrected chi connectivity index (χ2v) is 12.7. The molecule has 0 aliphatic rings. The summed E-state index contributed by atoms with van der Waals surface area (Å²) < 4.78 is 40.5. The van der Waals surface area contributed by atoms with Gasteiger partial charge in [-0.2, -0.15) is 0 Å². The summed E-state index contributed by atoms with van der Waals surface area (Å²) in [4.78, 5) is 28.9. The SMILES string of the molecule is CCCCNC(=O)[C@H](Cc1ccccc1)N(Cc1ccc(Br)cc1)C(=O)CCCN(c1ccc(F)cc1)S(C)(=O)=O. The largest absolute Gasteiger partial charge is 0.354 e. The van der Waals surface area contributed by atoms with Crippen LogP contribution in [0.5, 0.6) is 0 Å². The maximum Gasteiger partial charge on any atom is 0.243 e. The van der Waals surface area contributed by atoms with E-state index < -0.39 is 21.9 Å². The fourth-order valence-electron chi connectivity index (χ4n) is 4.46. The highest BCUT2D eigenvalue weighted by Crippen LogP contribution is 2.21. The van der Waals surface area contributed by atoms with E-state index in [1.807, 2.05) is 61.5 Å². The summed E-state index contributed by atoms with van der Waals surface area (Å²) in [7, 11) is -3.67. The zero-order valence-electron chi connectivity index (χ0n) is 23.4. The van der Waals surface area contributed by atoms with Gasteiger partial charge in [0.1, 0.15) is 11.9 Å². The van der Waals surface area contributed by atoms with Crippen LogP contribution in [0.2, 0.25) is 0 Å². The molecule has 0 unspecified atom stereocenters. The standard InChI is InChI=1S/C31H37BrFN3O4S/c1-3-4-20-34-31(38)29(22-24-9-6-5-7-10-24)35(23-25-12-14-26(32)15-13-25)30(37)11-8-21-36(41(2,39)40)28-18-16-27(33)17-19-28/h5-7,9-10,12-19,29H,3-4,8,11,20-23H2,1-2H3,(H,34,38)/t29-/m0/s1. The van der Waals surface area contributed by atoms with Gasteiger partial charge in [0.25, 0.3) is 0 Å². The third-order valence-corrected chi connectivity index (χ3v) is 8.36. The van der Waals surface area contributed by atoms with Gasteiger partial charge in [-0.3, -0.25) is 13.9 Å². The second kappa shape index (κ2) is 15.7. The van der Waals surface area contributed by atoms with Crippen LogP contribution in [0.3, 0.4) is 0 Å². The molecule has 0 aliphatic heterocycles. The van der Waals surface area contributed by atoms with E-state index in [4.69, 9.17) is 0 Å². The van der Waals surface area contributed by atoms with Gasteiger partial charge in [-0.25, -0.2) is 12.8 Å². The Morgan fingerprint density at radius 2 is 1.59 bits per heavy atom. The number of nitrogens with zero attached hydrogens (tertiary/aromatic N) is 2. The van der Waals surface area contributed by atoms with Gasteiger partial charge in [0.2, 0.25) is 21.8 Å². The van der Waals surface area contributed by atoms with Crippen LogP contribution in [0.4, 0.5) is 10.1 Å². The Hall–Kier alpha value is -3.24. The summed E-state index contributed by atoms with van der Waals surface area (Å²) in [6, 6.07) is 21.6. The summed E-state index contributed by atoms with van der Waals surface area (Å²) in [5.41, 5.74) is 2.12. The molecule has 220 valence electrons. The molecule has 0 radical (unpaired) electrons. The molecule has 10 heteroatoms. The summed E-state index contributed by atoms with van der Waals surface area (Å²) in [5.74, 6) is -0.952. The second-order valence-electron chi connectivity index (χ2n) is 9.91. The number of hydrogen-bond donors (Lipinski definition) is 1. The first-order valence-electron chi connectivity index (χ1n) is 13.7. The highest BCUT2D eigenvalue weighted by molar-refractivity contribution is 9.10. The van der Waals surface area contributed by atoms with E-state index in [1.165, 1.54) is 24.3 Å². The van der Waals surface area contributed by atoms with Crippen molar-refractivity contribution in [1.82, 2.24) is 10.2 Å². The summed E-state index contributed by atoms with van der Waals surface area (Å²) in [5, 5.41) is 3.00. The minimum Gasteiger partial charge on any atom is -0.354 e. The van der Waals surface area contributed by atoms with Crippen LogP contribution in [0, 0.1) is 5.82 Å². The quantitative estimate of drug-likeness (QED) is 0.215. The molecule has 1 atom stereocenters. The first-order valence-corrected chi connectivity index (χ1v) is 16.3. The number of amides is 2. The fraction of sp³-hybridized carbons (Fsp3) is 0.355. The van der Waals surface area contributed by atoms with Crippen molar-refractivity contribution in [2.24, 2.45) is 0 Å². The number of carbonyl (C=O) groups excluding carboxylic acids is 2. The maximum atomic E-state index is 13.8. The first-order chi connectivity index (χ1) is 19.6. The number of rotatable bonds is 15. The monoisotopic (exact) mass is 645 g/mol. The Bertz CT molecular complexity index is 1370. The lowest BCUT2D eigenvalue weighted by molar-refractivity contribution is -0.141. The number of nitrogens with one attached hydrogen (secondary N) is 1. The lowest BCUT2D eigenvalue weighted by Crippen LogP contribution is -2.50. The van der Waals surface area contributed by atoms with Crippen molar-refractivity contribution in [3.63, 3.8) is 0 Å². The Balaban J connectivity index is 1.86. The summed E-state index contributed by atoms with van der Waals surface area (Å²) >= 11 is 3.44. The molecule has 1 N–H and O–H groups in total. The highest BCUT2D eigenvalue weighted by Gasteiger charge is 2.30. The molecule has 0 heterocycles. The number of anilines is 1. The number of hydrogen-bond acceptors (Lipinski definition) is 4. The number of halogens is 2. The summed E-state index contributed by atoms with van der Waals surface area (Å²) in [6.45, 7) is 2.82. The van der Waals surface area contributed by atoms with Crippen LogP contribution < -0.4 is 9.62 Å². The van der Waals surface area contributed by atoms with E-state index in [9.17, 15) is 22.4 Å². The van der Waals surface area contributed by atoms with Gasteiger partial charge in [-0.1, -0.05) is 71.7 Å². The molecule has 0 saturated heterocycles. The number of unbranched alkanes of at least 4 members (excludes halogenated alkanes) is 1. The predicted octanol–water partition coefficient (Wildman–Crippen LogP) is 5.69. The Labute approximate surface area is 250 Å². The van der Waals surface area contributed by atoms with E-state index in [1.54, 1.807) is 4.90 Å². The molecule has 3 aromatic carbocycles. The minimum absolute atomic E-state index is 0.0251. The van der Waals surface area contributed by atoms with Gasteiger partial charge >= 0.3 is 0 Å². The Morgan fingerprint density at radius 3 is 2.20 bits per heavy atom. The molecule has 0 spiro atoms. The lowest BCUT2D eigenvalue weighted by Gasteiger charge is -2.32. The molecule has 3 aromatic rings. The molecule has 0 bridgehead atoms. The number of benzene rings is 3. The molecule has 3 rings (SSSR count). The van der Waals surface area contributed by atoms with Crippen molar-refractivity contribution in [3.05, 3.63) is 100 Å². The Kier molecular flexibility index (Phi) is 12.3. The first kappa shape index (κ1) is 32.3. The highest BCUT2D eigenvalue weighted by atomic mass is 79.9. The molecular formula is C31H37BrFN3O4S.